The van der Waals surface area contributed by atoms with E-state index >= 15 is 0 Å². The van der Waals surface area contributed by atoms with Crippen LogP contribution in [-0.4, -0.2) is 64.3 Å². The summed E-state index contributed by atoms with van der Waals surface area (Å²) in [5.41, 5.74) is 0.953. The zero-order valence-electron chi connectivity index (χ0n) is 16.0. The van der Waals surface area contributed by atoms with Gasteiger partial charge in [0.2, 0.25) is 10.0 Å². The Kier molecular flexibility index (Phi) is 5.08. The number of anilines is 2. The van der Waals surface area contributed by atoms with E-state index < -0.39 is 16.1 Å². The van der Waals surface area contributed by atoms with Crippen LogP contribution in [0.5, 0.6) is 5.75 Å². The molecule has 0 aliphatic carbocycles. The Bertz CT molecular complexity index is 1020. The number of sulfonamides is 1. The van der Waals surface area contributed by atoms with Crippen LogP contribution in [0.3, 0.4) is 0 Å². The smallest absolute Gasteiger partial charge is 0.265 e. The van der Waals surface area contributed by atoms with E-state index in [0.717, 1.165) is 6.26 Å². The van der Waals surface area contributed by atoms with Crippen LogP contribution in [-0.2, 0) is 14.8 Å². The molecular formula is C20H22FN3O4S. The second-order valence-corrected chi connectivity index (χ2v) is 9.04. The highest BCUT2D eigenvalue weighted by molar-refractivity contribution is 7.92. The Balaban J connectivity index is 1.47. The number of halogens is 1. The summed E-state index contributed by atoms with van der Waals surface area (Å²) in [6.07, 6.45) is 0.198. The zero-order chi connectivity index (χ0) is 20.6. The number of carbonyl (C=O) groups is 1. The van der Waals surface area contributed by atoms with E-state index in [1.807, 2.05) is 4.90 Å². The second kappa shape index (κ2) is 7.55. The highest BCUT2D eigenvalue weighted by Crippen LogP contribution is 2.35. The van der Waals surface area contributed by atoms with Gasteiger partial charge in [-0.3, -0.25) is 9.10 Å². The van der Waals surface area contributed by atoms with Crippen LogP contribution in [0.4, 0.5) is 15.8 Å². The number of rotatable bonds is 3. The molecule has 0 saturated carbocycles. The summed E-state index contributed by atoms with van der Waals surface area (Å²) in [7, 11) is -3.55. The topological polar surface area (TPSA) is 70.2 Å². The first-order valence-corrected chi connectivity index (χ1v) is 11.2. The number of para-hydroxylation sites is 3. The second-order valence-electron chi connectivity index (χ2n) is 7.13. The third kappa shape index (κ3) is 3.87. The fourth-order valence-corrected chi connectivity index (χ4v) is 4.64. The normalized spacial score (nSPS) is 19.5. The molecular weight excluding hydrogens is 397 g/mol. The molecule has 29 heavy (non-hydrogen) atoms. The van der Waals surface area contributed by atoms with E-state index in [0.29, 0.717) is 43.3 Å². The molecule has 0 radical (unpaired) electrons. The number of carbonyl (C=O) groups excluding carboxylic acids is 1. The van der Waals surface area contributed by atoms with Crippen molar-refractivity contribution in [3.63, 3.8) is 0 Å². The van der Waals surface area contributed by atoms with Gasteiger partial charge >= 0.3 is 0 Å². The van der Waals surface area contributed by atoms with Gasteiger partial charge in [0.25, 0.3) is 5.91 Å². The van der Waals surface area contributed by atoms with Crippen molar-refractivity contribution in [1.82, 2.24) is 4.90 Å². The van der Waals surface area contributed by atoms with Gasteiger partial charge in [0.1, 0.15) is 11.6 Å². The number of benzene rings is 2. The average Bonchev–Trinajstić information content (AvgIpc) is 2.72. The predicted octanol–water partition coefficient (Wildman–Crippen LogP) is 1.70. The molecule has 7 nitrogen and oxygen atoms in total. The van der Waals surface area contributed by atoms with Crippen molar-refractivity contribution in [1.29, 1.82) is 0 Å². The molecule has 2 aliphatic heterocycles. The largest absolute Gasteiger partial charge is 0.476 e. The van der Waals surface area contributed by atoms with Crippen LogP contribution in [0.2, 0.25) is 0 Å². The molecule has 0 unspecified atom stereocenters. The highest BCUT2D eigenvalue weighted by atomic mass is 32.2. The van der Waals surface area contributed by atoms with Gasteiger partial charge in [-0.15, -0.1) is 0 Å². The summed E-state index contributed by atoms with van der Waals surface area (Å²) in [5, 5.41) is 0. The molecule has 0 spiro atoms. The number of ether oxygens (including phenoxy) is 1. The molecule has 4 rings (SSSR count). The lowest BCUT2D eigenvalue weighted by Crippen LogP contribution is -2.56. The summed E-state index contributed by atoms with van der Waals surface area (Å²) >= 11 is 0. The molecule has 2 heterocycles. The molecule has 2 aromatic carbocycles. The molecule has 0 N–H and O–H groups in total. The minimum atomic E-state index is -3.55. The van der Waals surface area contributed by atoms with Crippen LogP contribution >= 0.6 is 0 Å². The minimum absolute atomic E-state index is 0.0673. The maximum Gasteiger partial charge on any atom is 0.265 e. The Morgan fingerprint density at radius 1 is 1.00 bits per heavy atom. The predicted molar refractivity (Wildman–Crippen MR) is 108 cm³/mol. The lowest BCUT2D eigenvalue weighted by atomic mass is 10.2. The lowest BCUT2D eigenvalue weighted by molar-refractivity contribution is -0.138. The Morgan fingerprint density at radius 3 is 2.28 bits per heavy atom. The Labute approximate surface area is 169 Å². The van der Waals surface area contributed by atoms with Crippen molar-refractivity contribution in [2.75, 3.05) is 48.2 Å². The van der Waals surface area contributed by atoms with Crippen LogP contribution in [0.25, 0.3) is 0 Å². The van der Waals surface area contributed by atoms with Gasteiger partial charge in [-0.05, 0) is 24.3 Å². The van der Waals surface area contributed by atoms with E-state index in [1.165, 1.54) is 10.4 Å². The zero-order valence-corrected chi connectivity index (χ0v) is 16.8. The minimum Gasteiger partial charge on any atom is -0.476 e. The molecule has 1 atom stereocenters. The van der Waals surface area contributed by atoms with Crippen molar-refractivity contribution < 1.29 is 22.3 Å². The molecule has 154 valence electrons. The lowest BCUT2D eigenvalue weighted by Gasteiger charge is -2.40. The average molecular weight is 419 g/mol. The number of piperazine rings is 1. The van der Waals surface area contributed by atoms with E-state index in [9.17, 15) is 17.6 Å². The highest BCUT2D eigenvalue weighted by Gasteiger charge is 2.37. The van der Waals surface area contributed by atoms with Crippen LogP contribution < -0.4 is 13.9 Å². The van der Waals surface area contributed by atoms with Crippen LogP contribution in [0.1, 0.15) is 0 Å². The third-order valence-electron chi connectivity index (χ3n) is 5.20. The van der Waals surface area contributed by atoms with E-state index in [2.05, 4.69) is 0 Å². The van der Waals surface area contributed by atoms with Gasteiger partial charge in [-0.1, -0.05) is 24.3 Å². The number of fused-ring (bicyclic) bond motifs is 1. The number of hydrogen-bond donors (Lipinski definition) is 0. The third-order valence-corrected chi connectivity index (χ3v) is 6.34. The number of amides is 1. The number of hydrogen-bond acceptors (Lipinski definition) is 5. The molecule has 0 aromatic heterocycles. The van der Waals surface area contributed by atoms with E-state index in [4.69, 9.17) is 4.74 Å². The van der Waals surface area contributed by atoms with Gasteiger partial charge in [0.15, 0.2) is 6.10 Å². The summed E-state index contributed by atoms with van der Waals surface area (Å²) in [6, 6.07) is 13.3. The van der Waals surface area contributed by atoms with E-state index in [1.54, 1.807) is 47.4 Å². The maximum atomic E-state index is 14.0. The maximum absolute atomic E-state index is 14.0. The van der Waals surface area contributed by atoms with Gasteiger partial charge in [0.05, 0.1) is 24.2 Å². The fraction of sp³-hybridized carbons (Fsp3) is 0.350. The van der Waals surface area contributed by atoms with Gasteiger partial charge < -0.3 is 14.5 Å². The first-order valence-electron chi connectivity index (χ1n) is 9.36. The van der Waals surface area contributed by atoms with Gasteiger partial charge in [0, 0.05) is 26.2 Å². The molecule has 0 bridgehead atoms. The van der Waals surface area contributed by atoms with E-state index in [-0.39, 0.29) is 18.3 Å². The monoisotopic (exact) mass is 419 g/mol. The molecule has 1 amide bonds. The Morgan fingerprint density at radius 2 is 1.62 bits per heavy atom. The van der Waals surface area contributed by atoms with Crippen molar-refractivity contribution in [2.45, 2.75) is 6.10 Å². The van der Waals surface area contributed by atoms with Crippen molar-refractivity contribution >= 4 is 27.3 Å². The van der Waals surface area contributed by atoms with Crippen molar-refractivity contribution in [2.24, 2.45) is 0 Å². The fourth-order valence-electron chi connectivity index (χ4n) is 3.72. The quantitative estimate of drug-likeness (QED) is 0.758. The first-order chi connectivity index (χ1) is 13.8. The molecule has 1 saturated heterocycles. The standard InChI is InChI=1S/C20H22FN3O4S/c1-29(26,27)24-14-19(28-18-9-5-4-8-17(18)24)20(25)23-12-10-22(11-13-23)16-7-3-2-6-15(16)21/h2-9,19H,10-14H2,1H3/t19-/m1/s1. The SMILES string of the molecule is CS(=O)(=O)N1C[C@H](C(=O)N2CCN(c3ccccc3F)CC2)Oc2ccccc21. The van der Waals surface area contributed by atoms with Gasteiger partial charge in [-0.25, -0.2) is 12.8 Å². The molecule has 2 aromatic rings. The van der Waals surface area contributed by atoms with Crippen molar-refractivity contribution in [3.8, 4) is 5.75 Å². The summed E-state index contributed by atoms with van der Waals surface area (Å²) in [4.78, 5) is 16.6. The van der Waals surface area contributed by atoms with Crippen LogP contribution in [0.15, 0.2) is 48.5 Å². The Hall–Kier alpha value is -2.81. The molecule has 1 fully saturated rings. The molecule has 9 heteroatoms. The molecule has 2 aliphatic rings. The van der Waals surface area contributed by atoms with Gasteiger partial charge in [-0.2, -0.15) is 0 Å². The number of nitrogens with zero attached hydrogens (tertiary/aromatic N) is 3. The van der Waals surface area contributed by atoms with Crippen molar-refractivity contribution in [3.05, 3.63) is 54.3 Å². The first kappa shape index (κ1) is 19.5. The van der Waals surface area contributed by atoms with Crippen LogP contribution in [0, 0.1) is 5.82 Å². The summed E-state index contributed by atoms with van der Waals surface area (Å²) in [6.45, 7) is 1.74. The summed E-state index contributed by atoms with van der Waals surface area (Å²) in [5.74, 6) is -0.183. The summed E-state index contributed by atoms with van der Waals surface area (Å²) < 4.78 is 45.5.